The maximum atomic E-state index is 12.4. The minimum absolute atomic E-state index is 0.0639. The van der Waals surface area contributed by atoms with Gasteiger partial charge in [0.05, 0.1) is 12.8 Å². The topological polar surface area (TPSA) is 71.0 Å². The molecule has 0 radical (unpaired) electrons. The first-order valence-electron chi connectivity index (χ1n) is 8.18. The molecule has 1 heterocycles. The molecular formula is C19H18ClN3O3S. The van der Waals surface area contributed by atoms with Crippen LogP contribution in [0.25, 0.3) is 0 Å². The number of amides is 2. The number of thioether (sulfide) groups is 1. The largest absolute Gasteiger partial charge is 0.497 e. The molecule has 0 spiro atoms. The van der Waals surface area contributed by atoms with E-state index in [1.165, 1.54) is 16.7 Å². The first-order chi connectivity index (χ1) is 13.0. The molecule has 2 amide bonds. The molecule has 3 rings (SSSR count). The third kappa shape index (κ3) is 4.81. The quantitative estimate of drug-likeness (QED) is 0.820. The van der Waals surface area contributed by atoms with Crippen molar-refractivity contribution in [2.24, 2.45) is 4.99 Å². The maximum Gasteiger partial charge on any atom is 0.242 e. The second-order valence-electron chi connectivity index (χ2n) is 5.86. The zero-order valence-electron chi connectivity index (χ0n) is 14.8. The number of carbonyl (C=O) groups is 2. The highest BCUT2D eigenvalue weighted by atomic mass is 35.5. The van der Waals surface area contributed by atoms with Gasteiger partial charge in [0.2, 0.25) is 11.8 Å². The molecule has 6 nitrogen and oxygen atoms in total. The van der Waals surface area contributed by atoms with Crippen LogP contribution in [-0.4, -0.2) is 41.3 Å². The smallest absolute Gasteiger partial charge is 0.242 e. The third-order valence-electron chi connectivity index (χ3n) is 3.92. The summed E-state index contributed by atoms with van der Waals surface area (Å²) in [6, 6.07) is 14.1. The van der Waals surface area contributed by atoms with E-state index in [2.05, 4.69) is 10.3 Å². The minimum Gasteiger partial charge on any atom is -0.497 e. The number of benzene rings is 2. The van der Waals surface area contributed by atoms with Crippen molar-refractivity contribution in [2.75, 3.05) is 19.5 Å². The Kier molecular flexibility index (Phi) is 6.03. The summed E-state index contributed by atoms with van der Waals surface area (Å²) in [7, 11) is 3.23. The fourth-order valence-corrected chi connectivity index (χ4v) is 3.85. The molecule has 1 aliphatic heterocycles. The molecule has 1 atom stereocenters. The van der Waals surface area contributed by atoms with Gasteiger partial charge in [-0.25, -0.2) is 4.99 Å². The van der Waals surface area contributed by atoms with E-state index in [1.54, 1.807) is 56.6 Å². The summed E-state index contributed by atoms with van der Waals surface area (Å²) in [5, 5.41) is 3.40. The Bertz CT molecular complexity index is 886. The van der Waals surface area contributed by atoms with Crippen molar-refractivity contribution >= 4 is 51.7 Å². The standard InChI is InChI=1S/C19H18ClN3O3S/c1-23-18(25)16(27-19(23)22-14-5-3-4-12(20)10-14)11-17(24)21-13-6-8-15(26-2)9-7-13/h3-10,16H,11H2,1-2H3,(H,21,24)/t16-/m1/s1. The van der Waals surface area contributed by atoms with Crippen LogP contribution in [0.1, 0.15) is 6.42 Å². The van der Waals surface area contributed by atoms with Gasteiger partial charge in [-0.15, -0.1) is 0 Å². The number of anilines is 1. The molecule has 27 heavy (non-hydrogen) atoms. The molecule has 1 aliphatic rings. The van der Waals surface area contributed by atoms with Gasteiger partial charge in [0, 0.05) is 24.2 Å². The lowest BCUT2D eigenvalue weighted by Gasteiger charge is -2.09. The minimum atomic E-state index is -0.508. The average Bonchev–Trinajstić information content (AvgIpc) is 2.90. The molecule has 1 fully saturated rings. The van der Waals surface area contributed by atoms with Crippen LogP contribution in [0.3, 0.4) is 0 Å². The van der Waals surface area contributed by atoms with Crippen molar-refractivity contribution in [3.8, 4) is 5.75 Å². The lowest BCUT2D eigenvalue weighted by atomic mass is 10.2. The number of hydrogen-bond donors (Lipinski definition) is 1. The molecule has 0 aromatic heterocycles. The summed E-state index contributed by atoms with van der Waals surface area (Å²) in [4.78, 5) is 30.7. The number of nitrogens with zero attached hydrogens (tertiary/aromatic N) is 2. The second-order valence-corrected chi connectivity index (χ2v) is 7.47. The molecule has 8 heteroatoms. The number of amidine groups is 1. The predicted molar refractivity (Wildman–Crippen MR) is 109 cm³/mol. The Balaban J connectivity index is 1.64. The fourth-order valence-electron chi connectivity index (χ4n) is 2.51. The molecule has 0 aliphatic carbocycles. The van der Waals surface area contributed by atoms with Gasteiger partial charge in [0.1, 0.15) is 11.0 Å². The number of rotatable bonds is 5. The van der Waals surface area contributed by atoms with Crippen molar-refractivity contribution in [1.29, 1.82) is 0 Å². The molecular weight excluding hydrogens is 386 g/mol. The summed E-state index contributed by atoms with van der Waals surface area (Å²) in [6.07, 6.45) is 0.0639. The highest BCUT2D eigenvalue weighted by Gasteiger charge is 2.37. The summed E-state index contributed by atoms with van der Waals surface area (Å²) >= 11 is 7.25. The van der Waals surface area contributed by atoms with E-state index >= 15 is 0 Å². The van der Waals surface area contributed by atoms with Gasteiger partial charge in [0.15, 0.2) is 5.17 Å². The molecule has 2 aromatic carbocycles. The average molecular weight is 404 g/mol. The van der Waals surface area contributed by atoms with Crippen molar-refractivity contribution in [3.63, 3.8) is 0 Å². The van der Waals surface area contributed by atoms with Crippen molar-refractivity contribution < 1.29 is 14.3 Å². The van der Waals surface area contributed by atoms with Crippen LogP contribution >= 0.6 is 23.4 Å². The first kappa shape index (κ1) is 19.3. The Morgan fingerprint density at radius 1 is 1.30 bits per heavy atom. The van der Waals surface area contributed by atoms with Gasteiger partial charge in [-0.3, -0.25) is 14.5 Å². The van der Waals surface area contributed by atoms with Crippen molar-refractivity contribution in [2.45, 2.75) is 11.7 Å². The predicted octanol–water partition coefficient (Wildman–Crippen LogP) is 3.94. The zero-order chi connectivity index (χ0) is 19.4. The van der Waals surface area contributed by atoms with E-state index < -0.39 is 5.25 Å². The van der Waals surface area contributed by atoms with Crippen LogP contribution in [0.2, 0.25) is 5.02 Å². The van der Waals surface area contributed by atoms with Crippen molar-refractivity contribution in [3.05, 3.63) is 53.6 Å². The number of halogens is 1. The first-order valence-corrected chi connectivity index (χ1v) is 9.44. The zero-order valence-corrected chi connectivity index (χ0v) is 16.4. The van der Waals surface area contributed by atoms with E-state index in [-0.39, 0.29) is 18.2 Å². The van der Waals surface area contributed by atoms with Gasteiger partial charge in [0.25, 0.3) is 0 Å². The third-order valence-corrected chi connectivity index (χ3v) is 5.38. The van der Waals surface area contributed by atoms with Crippen LogP contribution < -0.4 is 10.1 Å². The van der Waals surface area contributed by atoms with Gasteiger partial charge in [-0.05, 0) is 42.5 Å². The van der Waals surface area contributed by atoms with Crippen LogP contribution in [-0.2, 0) is 9.59 Å². The normalized spacial score (nSPS) is 18.0. The molecule has 0 unspecified atom stereocenters. The van der Waals surface area contributed by atoms with E-state index in [0.29, 0.717) is 27.3 Å². The summed E-state index contributed by atoms with van der Waals surface area (Å²) in [5.41, 5.74) is 1.31. The summed E-state index contributed by atoms with van der Waals surface area (Å²) < 4.78 is 5.09. The Morgan fingerprint density at radius 3 is 2.70 bits per heavy atom. The molecule has 0 saturated carbocycles. The monoisotopic (exact) mass is 403 g/mol. The molecule has 2 aromatic rings. The SMILES string of the molecule is COc1ccc(NC(=O)C[C@H]2SC(=Nc3cccc(Cl)c3)N(C)C2=O)cc1. The number of nitrogens with one attached hydrogen (secondary N) is 1. The van der Waals surface area contributed by atoms with E-state index in [9.17, 15) is 9.59 Å². The van der Waals surface area contributed by atoms with Crippen LogP contribution in [0.15, 0.2) is 53.5 Å². The van der Waals surface area contributed by atoms with E-state index in [0.717, 1.165) is 0 Å². The van der Waals surface area contributed by atoms with Crippen LogP contribution in [0, 0.1) is 0 Å². The fraction of sp³-hybridized carbons (Fsp3) is 0.211. The molecule has 0 bridgehead atoms. The van der Waals surface area contributed by atoms with Gasteiger partial charge in [-0.1, -0.05) is 29.4 Å². The maximum absolute atomic E-state index is 12.4. The lowest BCUT2D eigenvalue weighted by molar-refractivity contribution is -0.127. The molecule has 1 saturated heterocycles. The summed E-state index contributed by atoms with van der Waals surface area (Å²) in [5.74, 6) is 0.326. The number of hydrogen-bond acceptors (Lipinski definition) is 5. The number of carbonyl (C=O) groups excluding carboxylic acids is 2. The van der Waals surface area contributed by atoms with Crippen LogP contribution in [0.4, 0.5) is 11.4 Å². The van der Waals surface area contributed by atoms with Gasteiger partial charge in [-0.2, -0.15) is 0 Å². The molecule has 1 N–H and O–H groups in total. The van der Waals surface area contributed by atoms with Crippen LogP contribution in [0.5, 0.6) is 5.75 Å². The Hall–Kier alpha value is -2.51. The Morgan fingerprint density at radius 2 is 2.04 bits per heavy atom. The highest BCUT2D eigenvalue weighted by Crippen LogP contribution is 2.31. The van der Waals surface area contributed by atoms with Gasteiger partial charge >= 0.3 is 0 Å². The Labute approximate surface area is 166 Å². The van der Waals surface area contributed by atoms with Gasteiger partial charge < -0.3 is 10.1 Å². The summed E-state index contributed by atoms with van der Waals surface area (Å²) in [6.45, 7) is 0. The van der Waals surface area contributed by atoms with E-state index in [4.69, 9.17) is 16.3 Å². The highest BCUT2D eigenvalue weighted by molar-refractivity contribution is 8.15. The number of methoxy groups -OCH3 is 1. The van der Waals surface area contributed by atoms with Crippen molar-refractivity contribution in [1.82, 2.24) is 4.90 Å². The molecule has 140 valence electrons. The number of ether oxygens (including phenoxy) is 1. The number of aliphatic imine (C=N–C) groups is 1. The lowest BCUT2D eigenvalue weighted by Crippen LogP contribution is -2.30. The van der Waals surface area contributed by atoms with E-state index in [1.807, 2.05) is 6.07 Å². The second kappa shape index (κ2) is 8.45.